The van der Waals surface area contributed by atoms with Gasteiger partial charge in [-0.25, -0.2) is 0 Å². The van der Waals surface area contributed by atoms with Crippen LogP contribution in [-0.2, 0) is 0 Å². The maximum atomic E-state index is 2.39. The molecule has 0 aliphatic heterocycles. The lowest BCUT2D eigenvalue weighted by atomic mass is 9.82. The van der Waals surface area contributed by atoms with Gasteiger partial charge in [0, 0.05) is 9.52 Å². The van der Waals surface area contributed by atoms with Crippen LogP contribution in [0.15, 0.2) is 0 Å². The summed E-state index contributed by atoms with van der Waals surface area (Å²) in [5.41, 5.74) is 0.508. The van der Waals surface area contributed by atoms with Crippen molar-refractivity contribution < 1.29 is 0 Å². The Morgan fingerprint density at radius 1 is 0.889 bits per heavy atom. The van der Waals surface area contributed by atoms with Crippen molar-refractivity contribution in [3.63, 3.8) is 0 Å². The fourth-order valence-corrected chi connectivity index (χ4v) is 1.59. The molecule has 1 heteroatoms. The van der Waals surface area contributed by atoms with Gasteiger partial charge in [-0.3, -0.25) is 0 Å². The van der Waals surface area contributed by atoms with E-state index in [1.165, 1.54) is 0 Å². The van der Waals surface area contributed by atoms with E-state index in [1.54, 1.807) is 0 Å². The van der Waals surface area contributed by atoms with Gasteiger partial charge in [0.1, 0.15) is 0 Å². The van der Waals surface area contributed by atoms with Crippen molar-refractivity contribution in [3.8, 4) is 0 Å². The van der Waals surface area contributed by atoms with E-state index in [2.05, 4.69) is 41.2 Å². The van der Waals surface area contributed by atoms with Crippen LogP contribution >= 0.6 is 0 Å². The maximum Gasteiger partial charge on any atom is 0.0239 e. The molecule has 0 atom stereocenters. The largest absolute Gasteiger partial charge is 0.0744 e. The van der Waals surface area contributed by atoms with Gasteiger partial charge in [0.05, 0.1) is 0 Å². The van der Waals surface area contributed by atoms with Gasteiger partial charge in [-0.15, -0.1) is 0 Å². The molecule has 0 aromatic heterocycles. The van der Waals surface area contributed by atoms with E-state index >= 15 is 0 Å². The predicted octanol–water partition coefficient (Wildman–Crippen LogP) is 2.45. The van der Waals surface area contributed by atoms with Gasteiger partial charge in [-0.05, 0) is 10.5 Å². The van der Waals surface area contributed by atoms with Crippen LogP contribution in [-0.4, -0.2) is 9.52 Å². The molecule has 0 saturated carbocycles. The summed E-state index contributed by atoms with van der Waals surface area (Å²) in [5, 5.41) is 0.618. The normalized spacial score (nSPS) is 15.3. The summed E-state index contributed by atoms with van der Waals surface area (Å²) in [5.74, 6) is 0. The molecule has 0 aromatic rings. The van der Waals surface area contributed by atoms with E-state index in [0.29, 0.717) is 10.5 Å². The molecule has 0 bridgehead atoms. The van der Waals surface area contributed by atoms with Crippen molar-refractivity contribution >= 4 is 9.52 Å². The third kappa shape index (κ3) is 2.13. The Morgan fingerprint density at radius 2 is 1.22 bits per heavy atom. The molecule has 56 valence electrons. The average molecular weight is 144 g/mol. The molecule has 0 aliphatic rings. The van der Waals surface area contributed by atoms with Gasteiger partial charge >= 0.3 is 0 Å². The molecule has 0 aliphatic carbocycles. The predicted molar refractivity (Wildman–Crippen MR) is 47.9 cm³/mol. The smallest absolute Gasteiger partial charge is 0.0239 e. The van der Waals surface area contributed by atoms with Crippen molar-refractivity contribution in [1.82, 2.24) is 0 Å². The molecule has 9 heavy (non-hydrogen) atoms. The van der Waals surface area contributed by atoms with Crippen LogP contribution in [0.3, 0.4) is 0 Å². The second-order valence-electron chi connectivity index (χ2n) is 4.49. The first-order valence-corrected chi connectivity index (χ1v) is 5.93. The van der Waals surface area contributed by atoms with Gasteiger partial charge in [0.2, 0.25) is 0 Å². The molecule has 0 rings (SSSR count). The fraction of sp³-hybridized carbons (Fsp3) is 1.00. The second kappa shape index (κ2) is 2.45. The molecule has 0 fully saturated rings. The Kier molecular flexibility index (Phi) is 2.51. The maximum absolute atomic E-state index is 2.39. The minimum Gasteiger partial charge on any atom is -0.0744 e. The van der Waals surface area contributed by atoms with Gasteiger partial charge in [0.15, 0.2) is 0 Å². The van der Waals surface area contributed by atoms with Crippen molar-refractivity contribution in [2.45, 2.75) is 46.2 Å². The van der Waals surface area contributed by atoms with Gasteiger partial charge in [-0.2, -0.15) is 0 Å². The first-order chi connectivity index (χ1) is 3.81. The molecule has 0 nitrogen and oxygen atoms in total. The van der Waals surface area contributed by atoms with Crippen LogP contribution in [0.25, 0.3) is 0 Å². The van der Waals surface area contributed by atoms with E-state index in [9.17, 15) is 0 Å². The van der Waals surface area contributed by atoms with Crippen LogP contribution in [0.5, 0.6) is 0 Å². The van der Waals surface area contributed by atoms with E-state index in [1.807, 2.05) is 0 Å². The van der Waals surface area contributed by atoms with Crippen LogP contribution in [0.1, 0.15) is 34.6 Å². The van der Waals surface area contributed by atoms with Gasteiger partial charge in [0.25, 0.3) is 0 Å². The second-order valence-corrected chi connectivity index (χ2v) is 6.96. The zero-order valence-electron chi connectivity index (χ0n) is 7.71. The molecular formula is C8H20Si. The highest BCUT2D eigenvalue weighted by atomic mass is 28.2. The minimum atomic E-state index is 0.138. The number of hydrogen-bond acceptors (Lipinski definition) is 0. The van der Waals surface area contributed by atoms with E-state index in [0.717, 1.165) is 0 Å². The van der Waals surface area contributed by atoms with Crippen molar-refractivity contribution in [1.29, 1.82) is 0 Å². The zero-order chi connectivity index (χ0) is 7.71. The van der Waals surface area contributed by atoms with Crippen LogP contribution in [0, 0.1) is 5.41 Å². The van der Waals surface area contributed by atoms with E-state index < -0.39 is 0 Å². The number of rotatable bonds is 1. The first-order valence-electron chi connectivity index (χ1n) is 3.81. The van der Waals surface area contributed by atoms with Gasteiger partial charge < -0.3 is 0 Å². The van der Waals surface area contributed by atoms with Crippen molar-refractivity contribution in [2.75, 3.05) is 0 Å². The van der Waals surface area contributed by atoms with Crippen LogP contribution in [0.4, 0.5) is 0 Å². The number of hydrogen-bond donors (Lipinski definition) is 0. The molecule has 0 saturated heterocycles. The van der Waals surface area contributed by atoms with Crippen molar-refractivity contribution in [2.24, 2.45) is 5.41 Å². The molecule has 0 amide bonds. The zero-order valence-corrected chi connectivity index (χ0v) is 9.12. The summed E-state index contributed by atoms with van der Waals surface area (Å²) in [4.78, 5) is 0. The summed E-state index contributed by atoms with van der Waals surface area (Å²) in [6, 6.07) is 0. The molecule has 0 radical (unpaired) electrons. The monoisotopic (exact) mass is 144 g/mol. The molecule has 0 N–H and O–H groups in total. The molecule has 0 heterocycles. The Labute approximate surface area is 61.9 Å². The third-order valence-electron chi connectivity index (χ3n) is 2.91. The highest BCUT2D eigenvalue weighted by molar-refractivity contribution is 6.38. The minimum absolute atomic E-state index is 0.138. The summed E-state index contributed by atoms with van der Waals surface area (Å²) < 4.78 is 0. The van der Waals surface area contributed by atoms with Crippen molar-refractivity contribution in [3.05, 3.63) is 0 Å². The fourth-order valence-electron chi connectivity index (χ4n) is 0.530. The average Bonchev–Trinajstić information content (AvgIpc) is 1.64. The molecule has 0 unspecified atom stereocenters. The SMILES string of the molecule is C[SiH2]C(C)(C)C(C)(C)C. The molecular weight excluding hydrogens is 124 g/mol. The van der Waals surface area contributed by atoms with Crippen LogP contribution < -0.4 is 0 Å². The molecule has 0 spiro atoms. The Bertz CT molecular complexity index is 87.2. The topological polar surface area (TPSA) is 0 Å². The van der Waals surface area contributed by atoms with Gasteiger partial charge in [-0.1, -0.05) is 41.2 Å². The Morgan fingerprint density at radius 3 is 1.22 bits per heavy atom. The highest BCUT2D eigenvalue weighted by Crippen LogP contribution is 2.43. The summed E-state index contributed by atoms with van der Waals surface area (Å²) in [6.45, 7) is 14.2. The van der Waals surface area contributed by atoms with E-state index in [4.69, 9.17) is 0 Å². The standard InChI is InChI=1S/C8H20Si/c1-7(2,3)8(4,5)9-6/h9H2,1-6H3. The van der Waals surface area contributed by atoms with Crippen LogP contribution in [0.2, 0.25) is 11.6 Å². The quantitative estimate of drug-likeness (QED) is 0.496. The van der Waals surface area contributed by atoms with E-state index in [-0.39, 0.29) is 9.52 Å². The lowest BCUT2D eigenvalue weighted by molar-refractivity contribution is 0.299. The Hall–Kier alpha value is 0.217. The molecule has 0 aromatic carbocycles. The lowest BCUT2D eigenvalue weighted by Crippen LogP contribution is -2.27. The lowest BCUT2D eigenvalue weighted by Gasteiger charge is -2.37. The summed E-state index contributed by atoms with van der Waals surface area (Å²) in [7, 11) is 0.138. The Balaban J connectivity index is 4.14. The summed E-state index contributed by atoms with van der Waals surface area (Å²) in [6.07, 6.45) is 0. The third-order valence-corrected chi connectivity index (χ3v) is 5.74. The summed E-state index contributed by atoms with van der Waals surface area (Å²) >= 11 is 0. The first kappa shape index (κ1) is 9.22. The highest BCUT2D eigenvalue weighted by Gasteiger charge is 2.30.